The van der Waals surface area contributed by atoms with Gasteiger partial charge in [0, 0.05) is 20.3 Å². The van der Waals surface area contributed by atoms with Crippen LogP contribution in [0.5, 0.6) is 0 Å². The highest BCUT2D eigenvalue weighted by Gasteiger charge is 2.11. The molecule has 0 spiro atoms. The van der Waals surface area contributed by atoms with Crippen molar-refractivity contribution < 1.29 is 4.74 Å². The van der Waals surface area contributed by atoms with Crippen LogP contribution in [0.15, 0.2) is 14.3 Å². The van der Waals surface area contributed by atoms with E-state index in [1.807, 2.05) is 0 Å². The van der Waals surface area contributed by atoms with Gasteiger partial charge in [0.05, 0.1) is 0 Å². The van der Waals surface area contributed by atoms with E-state index in [0.717, 1.165) is 0 Å². The Labute approximate surface area is 104 Å². The van der Waals surface area contributed by atoms with E-state index in [4.69, 9.17) is 4.74 Å². The Balaban J connectivity index is 2.53. The number of methoxy groups -OCH3 is 1. The number of fused-ring (bicyclic) bond motifs is 1. The van der Waals surface area contributed by atoms with E-state index in [-0.39, 0.29) is 5.52 Å². The lowest BCUT2D eigenvalue weighted by Gasteiger charge is -2.04. The molecule has 2 rings (SSSR count). The molecule has 0 radical (unpaired) electrons. The first-order chi connectivity index (χ1) is 8.13. The van der Waals surface area contributed by atoms with Gasteiger partial charge in [-0.15, -0.1) is 0 Å². The van der Waals surface area contributed by atoms with Crippen LogP contribution < -0.4 is 11.2 Å². The highest BCUT2D eigenvalue weighted by molar-refractivity contribution is 9.10. The van der Waals surface area contributed by atoms with Crippen LogP contribution in [0.2, 0.25) is 0 Å². The fraction of sp³-hybridized carbons (Fsp3) is 0.444. The number of hydrogen-bond donors (Lipinski definition) is 2. The number of aromatic nitrogens is 4. The van der Waals surface area contributed by atoms with E-state index in [9.17, 15) is 9.59 Å². The van der Waals surface area contributed by atoms with Crippen molar-refractivity contribution >= 4 is 27.1 Å². The van der Waals surface area contributed by atoms with Gasteiger partial charge in [0.2, 0.25) is 0 Å². The van der Waals surface area contributed by atoms with Gasteiger partial charge in [-0.1, -0.05) is 0 Å². The Hall–Kier alpha value is -1.41. The van der Waals surface area contributed by atoms with Crippen molar-refractivity contribution in [2.24, 2.45) is 0 Å². The molecule has 92 valence electrons. The molecular formula is C9H11BrN4O3. The zero-order valence-corrected chi connectivity index (χ0v) is 10.7. The molecule has 0 unspecified atom stereocenters. The Kier molecular flexibility index (Phi) is 3.43. The molecule has 0 aliphatic heterocycles. The summed E-state index contributed by atoms with van der Waals surface area (Å²) in [6.45, 7) is 0.982. The number of ether oxygens (including phenoxy) is 1. The molecule has 2 N–H and O–H groups in total. The number of halogens is 1. The van der Waals surface area contributed by atoms with Crippen molar-refractivity contribution in [3.05, 3.63) is 25.6 Å². The summed E-state index contributed by atoms with van der Waals surface area (Å²) >= 11 is 3.14. The third-order valence-corrected chi connectivity index (χ3v) is 2.71. The SMILES string of the molecule is COCCCn1c(=O)[nH]c(=O)c2[nH]c(Br)nc21. The van der Waals surface area contributed by atoms with Gasteiger partial charge < -0.3 is 9.72 Å². The summed E-state index contributed by atoms with van der Waals surface area (Å²) in [7, 11) is 1.59. The van der Waals surface area contributed by atoms with E-state index in [0.29, 0.717) is 30.0 Å². The minimum atomic E-state index is -0.466. The second kappa shape index (κ2) is 4.84. The normalized spacial score (nSPS) is 11.2. The Morgan fingerprint density at radius 1 is 1.41 bits per heavy atom. The molecule has 0 atom stereocenters. The average Bonchev–Trinajstić information content (AvgIpc) is 2.65. The molecule has 7 nitrogen and oxygen atoms in total. The molecule has 0 aromatic carbocycles. The molecule has 2 heterocycles. The van der Waals surface area contributed by atoms with Crippen molar-refractivity contribution in [1.82, 2.24) is 19.5 Å². The quantitative estimate of drug-likeness (QED) is 0.624. The monoisotopic (exact) mass is 302 g/mol. The van der Waals surface area contributed by atoms with Gasteiger partial charge in [0.25, 0.3) is 5.56 Å². The lowest BCUT2D eigenvalue weighted by Crippen LogP contribution is -2.30. The molecule has 2 aromatic heterocycles. The van der Waals surface area contributed by atoms with Crippen LogP contribution in [0.25, 0.3) is 11.2 Å². The predicted molar refractivity (Wildman–Crippen MR) is 65.2 cm³/mol. The molecule has 17 heavy (non-hydrogen) atoms. The number of aryl methyl sites for hydroxylation is 1. The maximum Gasteiger partial charge on any atom is 0.330 e. The van der Waals surface area contributed by atoms with Gasteiger partial charge in [-0.05, 0) is 22.4 Å². The molecule has 0 saturated carbocycles. The summed E-state index contributed by atoms with van der Waals surface area (Å²) < 4.78 is 6.75. The smallest absolute Gasteiger partial charge is 0.330 e. The van der Waals surface area contributed by atoms with Crippen molar-refractivity contribution in [3.8, 4) is 0 Å². The Morgan fingerprint density at radius 2 is 2.18 bits per heavy atom. The van der Waals surface area contributed by atoms with E-state index in [1.165, 1.54) is 4.57 Å². The van der Waals surface area contributed by atoms with Crippen molar-refractivity contribution in [2.75, 3.05) is 13.7 Å². The second-order valence-electron chi connectivity index (χ2n) is 3.48. The van der Waals surface area contributed by atoms with Crippen LogP contribution in [-0.2, 0) is 11.3 Å². The fourth-order valence-electron chi connectivity index (χ4n) is 1.59. The van der Waals surface area contributed by atoms with Gasteiger partial charge in [-0.3, -0.25) is 14.3 Å². The maximum atomic E-state index is 11.7. The van der Waals surface area contributed by atoms with Gasteiger partial charge in [0.15, 0.2) is 15.9 Å². The molecule has 0 fully saturated rings. The van der Waals surface area contributed by atoms with E-state index >= 15 is 0 Å². The Bertz CT molecular complexity index is 642. The predicted octanol–water partition coefficient (Wildman–Crippen LogP) is 0.212. The van der Waals surface area contributed by atoms with Crippen molar-refractivity contribution in [2.45, 2.75) is 13.0 Å². The number of rotatable bonds is 4. The number of hydrogen-bond acceptors (Lipinski definition) is 4. The summed E-state index contributed by atoms with van der Waals surface area (Å²) in [5, 5.41) is 0. The third kappa shape index (κ3) is 2.32. The van der Waals surface area contributed by atoms with Crippen LogP contribution in [0.3, 0.4) is 0 Å². The summed E-state index contributed by atoms with van der Waals surface area (Å²) in [5.74, 6) is 0. The van der Waals surface area contributed by atoms with E-state index in [2.05, 4.69) is 30.9 Å². The van der Waals surface area contributed by atoms with E-state index in [1.54, 1.807) is 7.11 Å². The van der Waals surface area contributed by atoms with Gasteiger partial charge in [0.1, 0.15) is 0 Å². The molecule has 0 amide bonds. The average molecular weight is 303 g/mol. The molecule has 8 heteroatoms. The number of nitrogens with zero attached hydrogens (tertiary/aromatic N) is 2. The summed E-state index contributed by atoms with van der Waals surface area (Å²) in [6.07, 6.45) is 0.669. The standard InChI is InChI=1S/C9H11BrN4O3/c1-17-4-2-3-14-6-5(11-8(10)12-6)7(15)13-9(14)16/h2-4H2,1H3,(H,11,12)(H,13,15,16). The highest BCUT2D eigenvalue weighted by atomic mass is 79.9. The summed E-state index contributed by atoms with van der Waals surface area (Å²) in [4.78, 5) is 32.2. The molecule has 0 aliphatic rings. The van der Waals surface area contributed by atoms with Crippen LogP contribution in [0.1, 0.15) is 6.42 Å². The van der Waals surface area contributed by atoms with Gasteiger partial charge in [-0.2, -0.15) is 0 Å². The second-order valence-corrected chi connectivity index (χ2v) is 4.23. The molecule has 0 aliphatic carbocycles. The van der Waals surface area contributed by atoms with Crippen LogP contribution >= 0.6 is 15.9 Å². The third-order valence-electron chi connectivity index (χ3n) is 2.33. The van der Waals surface area contributed by atoms with Crippen molar-refractivity contribution in [3.63, 3.8) is 0 Å². The van der Waals surface area contributed by atoms with Crippen molar-refractivity contribution in [1.29, 1.82) is 0 Å². The summed E-state index contributed by atoms with van der Waals surface area (Å²) in [6, 6.07) is 0. The topological polar surface area (TPSA) is 92.8 Å². The minimum Gasteiger partial charge on any atom is -0.385 e. The number of nitrogens with one attached hydrogen (secondary N) is 2. The molecule has 0 bridgehead atoms. The number of aromatic amines is 2. The van der Waals surface area contributed by atoms with Crippen LogP contribution in [0.4, 0.5) is 0 Å². The lowest BCUT2D eigenvalue weighted by atomic mass is 10.4. The number of imidazole rings is 1. The molecule has 2 aromatic rings. The zero-order valence-electron chi connectivity index (χ0n) is 9.12. The van der Waals surface area contributed by atoms with Crippen LogP contribution in [0, 0.1) is 0 Å². The highest BCUT2D eigenvalue weighted by Crippen LogP contribution is 2.09. The lowest BCUT2D eigenvalue weighted by molar-refractivity contribution is 0.190. The van der Waals surface area contributed by atoms with Gasteiger partial charge in [-0.25, -0.2) is 9.78 Å². The Morgan fingerprint density at radius 3 is 2.88 bits per heavy atom. The van der Waals surface area contributed by atoms with Gasteiger partial charge >= 0.3 is 5.69 Å². The van der Waals surface area contributed by atoms with E-state index < -0.39 is 11.2 Å². The largest absolute Gasteiger partial charge is 0.385 e. The minimum absolute atomic E-state index is 0.286. The molecule has 0 saturated heterocycles. The molecular weight excluding hydrogens is 292 g/mol. The first-order valence-electron chi connectivity index (χ1n) is 5.00. The number of H-pyrrole nitrogens is 2. The first kappa shape index (κ1) is 12.1. The summed E-state index contributed by atoms with van der Waals surface area (Å²) in [5.41, 5.74) is -0.292. The van der Waals surface area contributed by atoms with Crippen LogP contribution in [-0.4, -0.2) is 33.2 Å². The maximum absolute atomic E-state index is 11.7. The fourth-order valence-corrected chi connectivity index (χ4v) is 1.95. The first-order valence-corrected chi connectivity index (χ1v) is 5.80. The zero-order chi connectivity index (χ0) is 12.4.